The largest absolute Gasteiger partial charge is 0.491 e. The Kier molecular flexibility index (Phi) is 6.07. The van der Waals surface area contributed by atoms with Gasteiger partial charge in [-0.15, -0.1) is 11.3 Å². The molecule has 0 saturated heterocycles. The number of ether oxygens (including phenoxy) is 1. The molecule has 2 aromatic heterocycles. The Hall–Kier alpha value is -3.54. The number of thiophene rings is 1. The van der Waals surface area contributed by atoms with Crippen LogP contribution in [0, 0.1) is 17.1 Å². The van der Waals surface area contributed by atoms with Crippen LogP contribution in [0.4, 0.5) is 4.39 Å². The Morgan fingerprint density at radius 2 is 1.94 bits per heavy atom. The van der Waals surface area contributed by atoms with Crippen LogP contribution in [0.15, 0.2) is 65.0 Å². The van der Waals surface area contributed by atoms with E-state index in [0.29, 0.717) is 28.0 Å². The molecular formula is C23H18FN3O3S. The molecule has 8 heteroatoms. The normalized spacial score (nSPS) is 11.9. The fraction of sp³-hybridized carbons (Fsp3) is 0.174. The molecule has 0 radical (unpaired) electrons. The number of nitriles is 1. The number of hydrogen-bond acceptors (Lipinski definition) is 6. The molecule has 0 unspecified atom stereocenters. The van der Waals surface area contributed by atoms with Crippen molar-refractivity contribution in [3.05, 3.63) is 82.0 Å². The van der Waals surface area contributed by atoms with Gasteiger partial charge in [0.05, 0.1) is 30.7 Å². The fourth-order valence-corrected chi connectivity index (χ4v) is 4.11. The number of aromatic nitrogens is 2. The predicted molar refractivity (Wildman–Crippen MR) is 117 cm³/mol. The Balaban J connectivity index is 1.50. The third-order valence-corrected chi connectivity index (χ3v) is 5.66. The number of rotatable bonds is 7. The molecule has 0 saturated carbocycles. The summed E-state index contributed by atoms with van der Waals surface area (Å²) < 4.78 is 20.2. The van der Waals surface area contributed by atoms with E-state index in [9.17, 15) is 14.3 Å². The quantitative estimate of drug-likeness (QED) is 0.477. The smallest absolute Gasteiger partial charge is 0.262 e. The lowest BCUT2D eigenvalue weighted by atomic mass is 10.1. The van der Waals surface area contributed by atoms with Crippen molar-refractivity contribution in [3.8, 4) is 22.9 Å². The van der Waals surface area contributed by atoms with E-state index in [1.54, 1.807) is 36.4 Å². The molecular weight excluding hydrogens is 417 g/mol. The summed E-state index contributed by atoms with van der Waals surface area (Å²) in [5, 5.41) is 21.4. The molecule has 0 fully saturated rings. The maximum atomic E-state index is 13.3. The summed E-state index contributed by atoms with van der Waals surface area (Å²) in [6.07, 6.45) is 0.808. The molecule has 0 aliphatic rings. The molecule has 0 aliphatic heterocycles. The van der Waals surface area contributed by atoms with Gasteiger partial charge in [0.2, 0.25) is 0 Å². The number of halogens is 1. The van der Waals surface area contributed by atoms with E-state index in [1.165, 1.54) is 34.4 Å². The fourth-order valence-electron chi connectivity index (χ4n) is 3.21. The van der Waals surface area contributed by atoms with Crippen LogP contribution in [0.3, 0.4) is 0 Å². The maximum Gasteiger partial charge on any atom is 0.262 e. The van der Waals surface area contributed by atoms with Crippen molar-refractivity contribution < 1.29 is 14.2 Å². The summed E-state index contributed by atoms with van der Waals surface area (Å²) in [4.78, 5) is 18.0. The summed E-state index contributed by atoms with van der Waals surface area (Å²) in [5.74, 6) is 0.222. The predicted octanol–water partition coefficient (Wildman–Crippen LogP) is 3.77. The van der Waals surface area contributed by atoms with Gasteiger partial charge in [-0.05, 0) is 35.4 Å². The summed E-state index contributed by atoms with van der Waals surface area (Å²) in [6.45, 7) is 0.0174. The lowest BCUT2D eigenvalue weighted by Gasteiger charge is -2.14. The Bertz CT molecular complexity index is 1290. The molecule has 0 spiro atoms. The number of nitrogens with zero attached hydrogens (tertiary/aromatic N) is 3. The second kappa shape index (κ2) is 9.08. The van der Waals surface area contributed by atoms with Gasteiger partial charge in [-0.1, -0.05) is 24.3 Å². The lowest BCUT2D eigenvalue weighted by molar-refractivity contribution is 0.0915. The van der Waals surface area contributed by atoms with Crippen LogP contribution in [0.1, 0.15) is 5.56 Å². The van der Waals surface area contributed by atoms with Crippen LogP contribution in [0.2, 0.25) is 0 Å². The summed E-state index contributed by atoms with van der Waals surface area (Å²) in [7, 11) is 0. The van der Waals surface area contributed by atoms with Gasteiger partial charge in [0.1, 0.15) is 29.1 Å². The number of benzene rings is 2. The van der Waals surface area contributed by atoms with Crippen molar-refractivity contribution in [2.75, 3.05) is 6.61 Å². The van der Waals surface area contributed by atoms with E-state index in [4.69, 9.17) is 10.00 Å². The Labute approximate surface area is 181 Å². The van der Waals surface area contributed by atoms with Gasteiger partial charge in [0.25, 0.3) is 5.56 Å². The molecule has 1 atom stereocenters. The first kappa shape index (κ1) is 20.7. The molecule has 2 aromatic carbocycles. The van der Waals surface area contributed by atoms with E-state index < -0.39 is 6.10 Å². The van der Waals surface area contributed by atoms with E-state index in [0.717, 1.165) is 11.1 Å². The van der Waals surface area contributed by atoms with Crippen LogP contribution in [-0.2, 0) is 13.0 Å². The highest BCUT2D eigenvalue weighted by Gasteiger charge is 2.15. The summed E-state index contributed by atoms with van der Waals surface area (Å²) in [5.41, 5.74) is 2.03. The standard InChI is InChI=1S/C23H18FN3O3S/c24-17-5-3-16(4-6-17)20-13-31-22-21(20)23(29)27(14-26-22)11-18(28)12-30-19-7-1-15(2-8-19)9-10-25/h1-8,13-14,18,28H,9,11-12H2/t18-/m0/s1. The molecule has 1 N–H and O–H groups in total. The monoisotopic (exact) mass is 435 g/mol. The van der Waals surface area contributed by atoms with Crippen molar-refractivity contribution in [1.82, 2.24) is 9.55 Å². The van der Waals surface area contributed by atoms with Crippen LogP contribution in [0.5, 0.6) is 5.75 Å². The highest BCUT2D eigenvalue weighted by atomic mass is 32.1. The molecule has 31 heavy (non-hydrogen) atoms. The SMILES string of the molecule is N#CCc1ccc(OC[C@@H](O)Cn2cnc3scc(-c4ccc(F)cc4)c3c2=O)cc1. The first-order valence-corrected chi connectivity index (χ1v) is 10.4. The Morgan fingerprint density at radius 3 is 2.65 bits per heavy atom. The first-order valence-electron chi connectivity index (χ1n) is 9.54. The average Bonchev–Trinajstić information content (AvgIpc) is 3.21. The zero-order chi connectivity index (χ0) is 21.8. The first-order chi connectivity index (χ1) is 15.0. The minimum Gasteiger partial charge on any atom is -0.491 e. The van der Waals surface area contributed by atoms with Crippen LogP contribution in [-0.4, -0.2) is 27.4 Å². The van der Waals surface area contributed by atoms with Crippen LogP contribution >= 0.6 is 11.3 Å². The average molecular weight is 435 g/mol. The van der Waals surface area contributed by atoms with E-state index >= 15 is 0 Å². The second-order valence-corrected chi connectivity index (χ2v) is 7.84. The van der Waals surface area contributed by atoms with Crippen molar-refractivity contribution in [2.45, 2.75) is 19.1 Å². The minimum absolute atomic E-state index is 0.00344. The lowest BCUT2D eigenvalue weighted by Crippen LogP contribution is -2.30. The summed E-state index contributed by atoms with van der Waals surface area (Å²) >= 11 is 1.34. The van der Waals surface area contributed by atoms with E-state index in [2.05, 4.69) is 11.1 Å². The number of aliphatic hydroxyl groups excluding tert-OH is 1. The van der Waals surface area contributed by atoms with Crippen molar-refractivity contribution in [2.24, 2.45) is 0 Å². The van der Waals surface area contributed by atoms with Crippen LogP contribution < -0.4 is 10.3 Å². The zero-order valence-corrected chi connectivity index (χ0v) is 17.2. The van der Waals surface area contributed by atoms with Gasteiger partial charge >= 0.3 is 0 Å². The van der Waals surface area contributed by atoms with Gasteiger partial charge < -0.3 is 9.84 Å². The molecule has 156 valence electrons. The third kappa shape index (κ3) is 4.63. The number of fused-ring (bicyclic) bond motifs is 1. The van der Waals surface area contributed by atoms with Gasteiger partial charge in [0, 0.05) is 10.9 Å². The number of hydrogen-bond donors (Lipinski definition) is 1. The van der Waals surface area contributed by atoms with Crippen molar-refractivity contribution in [3.63, 3.8) is 0 Å². The molecule has 0 bridgehead atoms. The number of aliphatic hydroxyl groups is 1. The van der Waals surface area contributed by atoms with Gasteiger partial charge in [-0.2, -0.15) is 5.26 Å². The molecule has 4 aromatic rings. The van der Waals surface area contributed by atoms with Gasteiger partial charge in [0.15, 0.2) is 0 Å². The molecule has 4 rings (SSSR count). The molecule has 0 aliphatic carbocycles. The van der Waals surface area contributed by atoms with E-state index in [1.807, 2.05) is 5.38 Å². The highest BCUT2D eigenvalue weighted by molar-refractivity contribution is 7.17. The van der Waals surface area contributed by atoms with Gasteiger partial charge in [-0.25, -0.2) is 9.37 Å². The molecule has 0 amide bonds. The topological polar surface area (TPSA) is 88.1 Å². The molecule has 6 nitrogen and oxygen atoms in total. The van der Waals surface area contributed by atoms with E-state index in [-0.39, 0.29) is 24.5 Å². The highest BCUT2D eigenvalue weighted by Crippen LogP contribution is 2.30. The third-order valence-electron chi connectivity index (χ3n) is 4.77. The molecule has 2 heterocycles. The van der Waals surface area contributed by atoms with Crippen molar-refractivity contribution >= 4 is 21.6 Å². The van der Waals surface area contributed by atoms with Gasteiger partial charge in [-0.3, -0.25) is 9.36 Å². The second-order valence-electron chi connectivity index (χ2n) is 6.98. The van der Waals surface area contributed by atoms with Crippen molar-refractivity contribution in [1.29, 1.82) is 5.26 Å². The summed E-state index contributed by atoms with van der Waals surface area (Å²) in [6, 6.07) is 15.1. The Morgan fingerprint density at radius 1 is 1.19 bits per heavy atom. The zero-order valence-electron chi connectivity index (χ0n) is 16.4. The minimum atomic E-state index is -0.927. The van der Waals surface area contributed by atoms with Crippen LogP contribution in [0.25, 0.3) is 21.3 Å². The maximum absolute atomic E-state index is 13.3.